The first-order valence-electron chi connectivity index (χ1n) is 8.26. The van der Waals surface area contributed by atoms with Crippen LogP contribution in [-0.2, 0) is 19.1 Å². The molecule has 0 spiro atoms. The van der Waals surface area contributed by atoms with Gasteiger partial charge in [0.2, 0.25) is 0 Å². The Bertz CT molecular complexity index is 706. The first kappa shape index (κ1) is 19.6. The highest BCUT2D eigenvalue weighted by Gasteiger charge is 2.37. The van der Waals surface area contributed by atoms with Gasteiger partial charge in [-0.15, -0.1) is 0 Å². The van der Waals surface area contributed by atoms with E-state index in [1.165, 1.54) is 19.2 Å². The molecule has 0 radical (unpaired) electrons. The van der Waals surface area contributed by atoms with Crippen LogP contribution >= 0.6 is 0 Å². The summed E-state index contributed by atoms with van der Waals surface area (Å²) in [4.78, 5) is 40.5. The van der Waals surface area contributed by atoms with Gasteiger partial charge in [-0.2, -0.15) is 0 Å². The fourth-order valence-corrected chi connectivity index (χ4v) is 2.59. The second-order valence-corrected chi connectivity index (χ2v) is 6.13. The van der Waals surface area contributed by atoms with E-state index in [4.69, 9.17) is 9.47 Å². The summed E-state index contributed by atoms with van der Waals surface area (Å²) >= 11 is 0. The molecular formula is C17H22N2O7. The molecule has 1 saturated heterocycles. The Labute approximate surface area is 150 Å². The molecule has 0 bridgehead atoms. The van der Waals surface area contributed by atoms with Crippen molar-refractivity contribution in [2.24, 2.45) is 5.92 Å². The van der Waals surface area contributed by atoms with Crippen molar-refractivity contribution in [2.75, 3.05) is 6.61 Å². The van der Waals surface area contributed by atoms with Crippen molar-refractivity contribution >= 4 is 17.8 Å². The minimum Gasteiger partial charge on any atom is -0.505 e. The van der Waals surface area contributed by atoms with Crippen LogP contribution in [-0.4, -0.2) is 57.9 Å². The number of hydrogen-bond donors (Lipinski definition) is 3. The van der Waals surface area contributed by atoms with Crippen molar-refractivity contribution in [3.05, 3.63) is 23.5 Å². The summed E-state index contributed by atoms with van der Waals surface area (Å²) in [7, 11) is 0. The molecule has 142 valence electrons. The first-order valence-corrected chi connectivity index (χ1v) is 8.26. The van der Waals surface area contributed by atoms with Gasteiger partial charge in [-0.05, 0) is 31.9 Å². The predicted octanol–water partition coefficient (Wildman–Crippen LogP) is 0.0696. The molecule has 1 aromatic heterocycles. The van der Waals surface area contributed by atoms with E-state index in [2.05, 4.69) is 10.3 Å². The third kappa shape index (κ3) is 4.10. The fourth-order valence-electron chi connectivity index (χ4n) is 2.59. The van der Waals surface area contributed by atoms with Crippen LogP contribution in [0.1, 0.15) is 36.3 Å². The molecule has 9 nitrogen and oxygen atoms in total. The third-order valence-corrected chi connectivity index (χ3v) is 4.26. The summed E-state index contributed by atoms with van der Waals surface area (Å²) in [5, 5.41) is 22.4. The number of ether oxygens (including phenoxy) is 2. The Balaban J connectivity index is 2.20. The Morgan fingerprint density at radius 2 is 2.08 bits per heavy atom. The maximum absolute atomic E-state index is 12.3. The summed E-state index contributed by atoms with van der Waals surface area (Å²) in [6, 6.07) is 0.231. The second kappa shape index (κ2) is 8.13. The molecule has 0 unspecified atom stereocenters. The third-order valence-electron chi connectivity index (χ3n) is 4.26. The van der Waals surface area contributed by atoms with Gasteiger partial charge in [0.05, 0.1) is 5.92 Å². The molecule has 2 rings (SSSR count). The highest BCUT2D eigenvalue weighted by molar-refractivity contribution is 5.97. The summed E-state index contributed by atoms with van der Waals surface area (Å²) in [5.41, 5.74) is 0.180. The van der Waals surface area contributed by atoms with Crippen molar-refractivity contribution in [1.29, 1.82) is 0 Å². The highest BCUT2D eigenvalue weighted by Crippen LogP contribution is 2.21. The van der Waals surface area contributed by atoms with Gasteiger partial charge in [-0.1, -0.05) is 6.92 Å². The van der Waals surface area contributed by atoms with Gasteiger partial charge >= 0.3 is 11.9 Å². The number of cyclic esters (lactones) is 2. The van der Waals surface area contributed by atoms with Crippen molar-refractivity contribution in [3.63, 3.8) is 0 Å². The van der Waals surface area contributed by atoms with Crippen molar-refractivity contribution in [2.45, 2.75) is 45.4 Å². The number of hydrogen-bond acceptors (Lipinski definition) is 8. The van der Waals surface area contributed by atoms with Crippen LogP contribution in [0, 0.1) is 12.8 Å². The van der Waals surface area contributed by atoms with Gasteiger partial charge in [-0.3, -0.25) is 9.59 Å². The van der Waals surface area contributed by atoms with Crippen LogP contribution in [0.4, 0.5) is 0 Å². The van der Waals surface area contributed by atoms with Gasteiger partial charge in [0.1, 0.15) is 24.6 Å². The molecule has 0 aromatic carbocycles. The number of aromatic nitrogens is 1. The lowest BCUT2D eigenvalue weighted by molar-refractivity contribution is -0.159. The van der Waals surface area contributed by atoms with Crippen LogP contribution in [0.5, 0.6) is 5.75 Å². The zero-order chi connectivity index (χ0) is 19.4. The molecule has 1 aliphatic rings. The number of amides is 1. The molecule has 1 aliphatic heterocycles. The lowest BCUT2D eigenvalue weighted by Crippen LogP contribution is -2.46. The maximum atomic E-state index is 12.3. The summed E-state index contributed by atoms with van der Waals surface area (Å²) in [6.07, 6.45) is -0.521. The van der Waals surface area contributed by atoms with Crippen LogP contribution < -0.4 is 5.32 Å². The normalized spacial score (nSPS) is 26.8. The largest absolute Gasteiger partial charge is 0.505 e. The molecular weight excluding hydrogens is 344 g/mol. The number of carbonyl (C=O) groups is 3. The zero-order valence-electron chi connectivity index (χ0n) is 14.8. The molecule has 4 atom stereocenters. The topological polar surface area (TPSA) is 135 Å². The number of carbonyl (C=O) groups excluding carboxylic acids is 3. The first-order chi connectivity index (χ1) is 12.3. The molecule has 3 N–H and O–H groups in total. The standard InChI is InChI=1S/C17H22N2O7/c1-4-10-14(21)9(3)26-17(24)11(7-25-16(10)23)19-15(22)12-13(20)8(2)5-6-18-12/h5-6,9-11,14,20-21H,4,7H2,1-3H3,(H,19,22)/t9-,10+,11-,14-/m0/s1. The monoisotopic (exact) mass is 366 g/mol. The number of aryl methyl sites for hydroxylation is 1. The maximum Gasteiger partial charge on any atom is 0.332 e. The number of aromatic hydroxyl groups is 1. The number of nitrogens with zero attached hydrogens (tertiary/aromatic N) is 1. The molecule has 1 aromatic rings. The molecule has 0 saturated carbocycles. The molecule has 0 aliphatic carbocycles. The van der Waals surface area contributed by atoms with Gasteiger partial charge in [0.15, 0.2) is 11.7 Å². The number of esters is 2. The minimum absolute atomic E-state index is 0.261. The van der Waals surface area contributed by atoms with Gasteiger partial charge in [0, 0.05) is 6.20 Å². The highest BCUT2D eigenvalue weighted by atomic mass is 16.6. The molecule has 1 amide bonds. The Hall–Kier alpha value is -2.68. The SMILES string of the molecule is CC[C@H]1C(=O)OC[C@H](NC(=O)c2nccc(C)c2O)C(=O)O[C@@H](C)[C@@H]1O. The summed E-state index contributed by atoms with van der Waals surface area (Å²) < 4.78 is 10.2. The lowest BCUT2D eigenvalue weighted by Gasteiger charge is -2.23. The van der Waals surface area contributed by atoms with Gasteiger partial charge in [0.25, 0.3) is 5.91 Å². The van der Waals surface area contributed by atoms with Gasteiger partial charge < -0.3 is 25.0 Å². The summed E-state index contributed by atoms with van der Waals surface area (Å²) in [5.74, 6) is -3.51. The van der Waals surface area contributed by atoms with Crippen molar-refractivity contribution in [3.8, 4) is 5.75 Å². The molecule has 9 heteroatoms. The number of rotatable bonds is 3. The lowest BCUT2D eigenvalue weighted by atomic mass is 9.96. The summed E-state index contributed by atoms with van der Waals surface area (Å²) in [6.45, 7) is 4.30. The van der Waals surface area contributed by atoms with Crippen LogP contribution in [0.3, 0.4) is 0 Å². The second-order valence-electron chi connectivity index (χ2n) is 6.13. The van der Waals surface area contributed by atoms with E-state index in [9.17, 15) is 24.6 Å². The van der Waals surface area contributed by atoms with Crippen LogP contribution in [0.2, 0.25) is 0 Å². The van der Waals surface area contributed by atoms with E-state index in [1.807, 2.05) is 0 Å². The Morgan fingerprint density at radius 3 is 2.73 bits per heavy atom. The molecule has 1 fully saturated rings. The van der Waals surface area contributed by atoms with E-state index in [0.717, 1.165) is 0 Å². The number of pyridine rings is 1. The number of aliphatic hydroxyl groups is 1. The number of nitrogens with one attached hydrogen (secondary N) is 1. The van der Waals surface area contributed by atoms with E-state index in [-0.39, 0.29) is 11.4 Å². The van der Waals surface area contributed by atoms with E-state index in [0.29, 0.717) is 12.0 Å². The molecule has 2 heterocycles. The van der Waals surface area contributed by atoms with E-state index >= 15 is 0 Å². The fraction of sp³-hybridized carbons (Fsp3) is 0.529. The predicted molar refractivity (Wildman–Crippen MR) is 88.2 cm³/mol. The average Bonchev–Trinajstić information content (AvgIpc) is 2.63. The van der Waals surface area contributed by atoms with Crippen LogP contribution in [0.15, 0.2) is 12.3 Å². The zero-order valence-corrected chi connectivity index (χ0v) is 14.8. The minimum atomic E-state index is -1.29. The van der Waals surface area contributed by atoms with Crippen molar-refractivity contribution in [1.82, 2.24) is 10.3 Å². The Kier molecular flexibility index (Phi) is 6.14. The van der Waals surface area contributed by atoms with E-state index < -0.39 is 48.6 Å². The van der Waals surface area contributed by atoms with Crippen molar-refractivity contribution < 1.29 is 34.1 Å². The molecule has 26 heavy (non-hydrogen) atoms. The Morgan fingerprint density at radius 1 is 1.38 bits per heavy atom. The average molecular weight is 366 g/mol. The quantitative estimate of drug-likeness (QED) is 0.640. The smallest absolute Gasteiger partial charge is 0.332 e. The van der Waals surface area contributed by atoms with Gasteiger partial charge in [-0.25, -0.2) is 9.78 Å². The number of aliphatic hydroxyl groups excluding tert-OH is 1. The van der Waals surface area contributed by atoms with E-state index in [1.54, 1.807) is 13.8 Å². The van der Waals surface area contributed by atoms with Crippen LogP contribution in [0.25, 0.3) is 0 Å².